The van der Waals surface area contributed by atoms with Crippen LogP contribution in [0, 0.1) is 0 Å². The van der Waals surface area contributed by atoms with Gasteiger partial charge in [-0.1, -0.05) is 18.9 Å². The molecule has 1 fully saturated rings. The van der Waals surface area contributed by atoms with Gasteiger partial charge in [-0.05, 0) is 30.5 Å². The molecule has 1 aromatic rings. The van der Waals surface area contributed by atoms with Gasteiger partial charge in [0.05, 0.1) is 18.1 Å². The van der Waals surface area contributed by atoms with E-state index in [1.807, 2.05) is 0 Å². The largest absolute Gasteiger partial charge is 0.493 e. The quantitative estimate of drug-likeness (QED) is 0.700. The number of methoxy groups -OCH3 is 1. The van der Waals surface area contributed by atoms with Gasteiger partial charge in [0.25, 0.3) is 0 Å². The standard InChI is InChI=1S/C17H23F2NO5S/c1-24-14-7-6-12(10-15(14)25-17(18)19)11-20-16(21)8-9-26(22,23)13-4-2-3-5-13/h6-7,10,13,17H,2-5,8-9,11H2,1H3,(H,20,21). The van der Waals surface area contributed by atoms with Crippen LogP contribution in [0.25, 0.3) is 0 Å². The highest BCUT2D eigenvalue weighted by Gasteiger charge is 2.28. The third kappa shape index (κ3) is 5.82. The van der Waals surface area contributed by atoms with E-state index in [2.05, 4.69) is 10.1 Å². The molecule has 1 saturated carbocycles. The summed E-state index contributed by atoms with van der Waals surface area (Å²) < 4.78 is 58.5. The lowest BCUT2D eigenvalue weighted by molar-refractivity contribution is -0.120. The van der Waals surface area contributed by atoms with Crippen LogP contribution in [-0.4, -0.2) is 39.0 Å². The molecule has 1 amide bonds. The number of nitrogens with one attached hydrogen (secondary N) is 1. The van der Waals surface area contributed by atoms with Crippen molar-refractivity contribution in [3.8, 4) is 11.5 Å². The molecule has 2 rings (SSSR count). The molecule has 1 N–H and O–H groups in total. The first-order valence-corrected chi connectivity index (χ1v) is 10.1. The summed E-state index contributed by atoms with van der Waals surface area (Å²) in [6.45, 7) is -2.92. The monoisotopic (exact) mass is 391 g/mol. The van der Waals surface area contributed by atoms with E-state index in [1.165, 1.54) is 19.2 Å². The zero-order valence-electron chi connectivity index (χ0n) is 14.5. The Morgan fingerprint density at radius 2 is 1.96 bits per heavy atom. The van der Waals surface area contributed by atoms with Crippen molar-refractivity contribution in [3.05, 3.63) is 23.8 Å². The van der Waals surface area contributed by atoms with Crippen molar-refractivity contribution in [2.45, 2.75) is 50.5 Å². The van der Waals surface area contributed by atoms with E-state index in [4.69, 9.17) is 4.74 Å². The van der Waals surface area contributed by atoms with Crippen molar-refractivity contribution in [2.24, 2.45) is 0 Å². The second-order valence-corrected chi connectivity index (χ2v) is 8.56. The van der Waals surface area contributed by atoms with Gasteiger partial charge in [0, 0.05) is 13.0 Å². The first kappa shape index (κ1) is 20.4. The Bertz CT molecular complexity index is 718. The molecule has 9 heteroatoms. The van der Waals surface area contributed by atoms with Crippen molar-refractivity contribution in [3.63, 3.8) is 0 Å². The van der Waals surface area contributed by atoms with Crippen LogP contribution in [0.3, 0.4) is 0 Å². The fraction of sp³-hybridized carbons (Fsp3) is 0.588. The molecule has 0 atom stereocenters. The number of rotatable bonds is 9. The molecule has 1 aliphatic rings. The van der Waals surface area contributed by atoms with Gasteiger partial charge < -0.3 is 14.8 Å². The highest BCUT2D eigenvalue weighted by molar-refractivity contribution is 7.92. The normalized spacial score (nSPS) is 15.2. The molecule has 0 heterocycles. The molecule has 146 valence electrons. The highest BCUT2D eigenvalue weighted by atomic mass is 32.2. The van der Waals surface area contributed by atoms with E-state index in [9.17, 15) is 22.0 Å². The summed E-state index contributed by atoms with van der Waals surface area (Å²) in [5, 5.41) is 2.27. The fourth-order valence-electron chi connectivity index (χ4n) is 2.96. The zero-order valence-corrected chi connectivity index (χ0v) is 15.4. The number of alkyl halides is 2. The Kier molecular flexibility index (Phi) is 7.19. The highest BCUT2D eigenvalue weighted by Crippen LogP contribution is 2.29. The van der Waals surface area contributed by atoms with E-state index < -0.39 is 22.4 Å². The minimum atomic E-state index is -3.25. The van der Waals surface area contributed by atoms with Gasteiger partial charge in [-0.3, -0.25) is 4.79 Å². The summed E-state index contributed by atoms with van der Waals surface area (Å²) in [6.07, 6.45) is 3.05. The number of halogens is 2. The number of sulfone groups is 1. The SMILES string of the molecule is COc1ccc(CNC(=O)CCS(=O)(=O)C2CCCC2)cc1OC(F)F. The summed E-state index contributed by atoms with van der Waals surface area (Å²) in [6, 6.07) is 4.41. The van der Waals surface area contributed by atoms with Crippen molar-refractivity contribution < 1.29 is 31.5 Å². The maximum absolute atomic E-state index is 12.4. The molecular formula is C17H23F2NO5S. The summed E-state index contributed by atoms with van der Waals surface area (Å²) in [4.78, 5) is 11.9. The van der Waals surface area contributed by atoms with E-state index in [1.54, 1.807) is 6.07 Å². The van der Waals surface area contributed by atoms with Crippen LogP contribution in [0.2, 0.25) is 0 Å². The Balaban J connectivity index is 1.86. The molecule has 26 heavy (non-hydrogen) atoms. The number of ether oxygens (including phenoxy) is 2. The lowest BCUT2D eigenvalue weighted by atomic mass is 10.2. The molecule has 0 bridgehead atoms. The van der Waals surface area contributed by atoms with E-state index >= 15 is 0 Å². The number of carbonyl (C=O) groups is 1. The number of hydrogen-bond acceptors (Lipinski definition) is 5. The molecule has 0 unspecified atom stereocenters. The third-order valence-corrected chi connectivity index (χ3v) is 6.62. The van der Waals surface area contributed by atoms with Gasteiger partial charge in [0.1, 0.15) is 0 Å². The molecule has 6 nitrogen and oxygen atoms in total. The molecule has 0 aliphatic heterocycles. The third-order valence-electron chi connectivity index (χ3n) is 4.36. The number of amides is 1. The average molecular weight is 391 g/mol. The van der Waals surface area contributed by atoms with E-state index in [0.29, 0.717) is 18.4 Å². The summed E-state index contributed by atoms with van der Waals surface area (Å²) in [5.74, 6) is -0.550. The van der Waals surface area contributed by atoms with Gasteiger partial charge in [0.15, 0.2) is 21.3 Å². The van der Waals surface area contributed by atoms with Crippen molar-refractivity contribution in [1.82, 2.24) is 5.32 Å². The van der Waals surface area contributed by atoms with Crippen molar-refractivity contribution >= 4 is 15.7 Å². The van der Waals surface area contributed by atoms with Crippen LogP contribution in [0.1, 0.15) is 37.7 Å². The van der Waals surface area contributed by atoms with Crippen LogP contribution >= 0.6 is 0 Å². The molecule has 0 aromatic heterocycles. The first-order valence-electron chi connectivity index (χ1n) is 8.42. The van der Waals surface area contributed by atoms with Gasteiger partial charge in [-0.2, -0.15) is 8.78 Å². The Morgan fingerprint density at radius 1 is 1.27 bits per heavy atom. The molecule has 1 aliphatic carbocycles. The second-order valence-electron chi connectivity index (χ2n) is 6.16. The second kappa shape index (κ2) is 9.16. The predicted octanol–water partition coefficient (Wildman–Crippen LogP) is 2.66. The van der Waals surface area contributed by atoms with Gasteiger partial charge in [0.2, 0.25) is 5.91 Å². The summed E-state index contributed by atoms with van der Waals surface area (Å²) in [7, 11) is -1.91. The Labute approximate surface area is 151 Å². The molecule has 0 saturated heterocycles. The number of hydrogen-bond donors (Lipinski definition) is 1. The van der Waals surface area contributed by atoms with Crippen LogP contribution in [0.5, 0.6) is 11.5 Å². The maximum Gasteiger partial charge on any atom is 0.387 e. The number of carbonyl (C=O) groups excluding carboxylic acids is 1. The lowest BCUT2D eigenvalue weighted by Gasteiger charge is -2.13. The minimum absolute atomic E-state index is 0.0753. The first-order chi connectivity index (χ1) is 12.3. The topological polar surface area (TPSA) is 81.7 Å². The zero-order chi connectivity index (χ0) is 19.2. The lowest BCUT2D eigenvalue weighted by Crippen LogP contribution is -2.28. The molecule has 0 spiro atoms. The number of benzene rings is 1. The fourth-order valence-corrected chi connectivity index (χ4v) is 4.81. The predicted molar refractivity (Wildman–Crippen MR) is 92.1 cm³/mol. The Morgan fingerprint density at radius 3 is 2.58 bits per heavy atom. The minimum Gasteiger partial charge on any atom is -0.493 e. The average Bonchev–Trinajstić information content (AvgIpc) is 3.13. The van der Waals surface area contributed by atoms with Crippen LogP contribution in [0.15, 0.2) is 18.2 Å². The Hall–Kier alpha value is -1.90. The summed E-state index contributed by atoms with van der Waals surface area (Å²) in [5.41, 5.74) is 0.536. The van der Waals surface area contributed by atoms with Gasteiger partial charge in [-0.15, -0.1) is 0 Å². The van der Waals surface area contributed by atoms with Gasteiger partial charge >= 0.3 is 6.61 Å². The molecule has 1 aromatic carbocycles. The molecule has 0 radical (unpaired) electrons. The summed E-state index contributed by atoms with van der Waals surface area (Å²) >= 11 is 0. The maximum atomic E-state index is 12.4. The smallest absolute Gasteiger partial charge is 0.387 e. The van der Waals surface area contributed by atoms with E-state index in [0.717, 1.165) is 12.8 Å². The van der Waals surface area contributed by atoms with Crippen molar-refractivity contribution in [2.75, 3.05) is 12.9 Å². The van der Waals surface area contributed by atoms with Crippen LogP contribution in [0.4, 0.5) is 8.78 Å². The molecular weight excluding hydrogens is 368 g/mol. The van der Waals surface area contributed by atoms with Crippen LogP contribution < -0.4 is 14.8 Å². The van der Waals surface area contributed by atoms with Crippen LogP contribution in [-0.2, 0) is 21.2 Å². The van der Waals surface area contributed by atoms with Gasteiger partial charge in [-0.25, -0.2) is 8.42 Å². The van der Waals surface area contributed by atoms with E-state index in [-0.39, 0.29) is 35.5 Å². The van der Waals surface area contributed by atoms with Crippen molar-refractivity contribution in [1.29, 1.82) is 0 Å².